The Hall–Kier alpha value is -1.42. The number of nitrogens with one attached hydrogen (secondary N) is 2. The number of carbonyl (C=O) groups is 1. The van der Waals surface area contributed by atoms with Crippen molar-refractivity contribution < 1.29 is 4.79 Å². The van der Waals surface area contributed by atoms with Crippen molar-refractivity contribution in [3.05, 3.63) is 23.2 Å². The van der Waals surface area contributed by atoms with Crippen LogP contribution in [-0.4, -0.2) is 18.5 Å². The average Bonchev–Trinajstić information content (AvgIpc) is 3.13. The maximum Gasteiger partial charge on any atom is 0.220 e. The molecule has 0 atom stereocenters. The molecular formula is C13H18ClN3O. The van der Waals surface area contributed by atoms with Gasteiger partial charge in [0.15, 0.2) is 0 Å². The Morgan fingerprint density at radius 1 is 1.44 bits per heavy atom. The molecule has 98 valence electrons. The fraction of sp³-hybridized carbons (Fsp3) is 0.462. The molecule has 0 bridgehead atoms. The summed E-state index contributed by atoms with van der Waals surface area (Å²) in [7, 11) is 0. The molecule has 1 aromatic rings. The second kappa shape index (κ2) is 5.96. The highest BCUT2D eigenvalue weighted by atomic mass is 35.5. The number of nitrogen functional groups attached to an aromatic ring is 1. The first-order valence-electron chi connectivity index (χ1n) is 6.24. The minimum atomic E-state index is 0.137. The van der Waals surface area contributed by atoms with Crippen LogP contribution < -0.4 is 16.4 Å². The van der Waals surface area contributed by atoms with Gasteiger partial charge in [-0.15, -0.1) is 0 Å². The number of nitrogens with two attached hydrogens (primary N) is 1. The summed E-state index contributed by atoms with van der Waals surface area (Å²) in [5, 5.41) is 6.70. The first kappa shape index (κ1) is 13.0. The van der Waals surface area contributed by atoms with Gasteiger partial charge in [0.25, 0.3) is 0 Å². The third kappa shape index (κ3) is 3.81. The van der Waals surface area contributed by atoms with Gasteiger partial charge in [0.05, 0.1) is 16.4 Å². The monoisotopic (exact) mass is 267 g/mol. The second-order valence-electron chi connectivity index (χ2n) is 4.57. The molecule has 0 radical (unpaired) electrons. The number of halogens is 1. The molecule has 18 heavy (non-hydrogen) atoms. The zero-order chi connectivity index (χ0) is 13.0. The number of rotatable bonds is 6. The molecule has 2 rings (SSSR count). The summed E-state index contributed by atoms with van der Waals surface area (Å²) < 4.78 is 0. The zero-order valence-electron chi connectivity index (χ0n) is 10.2. The summed E-state index contributed by atoms with van der Waals surface area (Å²) in [6.45, 7) is 0.711. The van der Waals surface area contributed by atoms with Crippen LogP contribution in [0, 0.1) is 0 Å². The van der Waals surface area contributed by atoms with E-state index >= 15 is 0 Å². The third-order valence-electron chi connectivity index (χ3n) is 2.89. The van der Waals surface area contributed by atoms with E-state index in [0.29, 0.717) is 29.7 Å². The molecule has 1 saturated carbocycles. The lowest BCUT2D eigenvalue weighted by molar-refractivity contribution is -0.121. The molecule has 0 saturated heterocycles. The van der Waals surface area contributed by atoms with Gasteiger partial charge in [0.1, 0.15) is 0 Å². The van der Waals surface area contributed by atoms with Gasteiger partial charge in [-0.05, 0) is 31.4 Å². The quantitative estimate of drug-likeness (QED) is 0.548. The second-order valence-corrected chi connectivity index (χ2v) is 4.98. The van der Waals surface area contributed by atoms with E-state index in [1.807, 2.05) is 12.1 Å². The van der Waals surface area contributed by atoms with E-state index < -0.39 is 0 Å². The summed E-state index contributed by atoms with van der Waals surface area (Å²) >= 11 is 5.91. The number of benzene rings is 1. The predicted octanol–water partition coefficient (Wildman–Crippen LogP) is 2.39. The topological polar surface area (TPSA) is 67.1 Å². The van der Waals surface area contributed by atoms with Gasteiger partial charge in [-0.3, -0.25) is 4.79 Å². The Labute approximate surface area is 112 Å². The highest BCUT2D eigenvalue weighted by molar-refractivity contribution is 6.33. The van der Waals surface area contributed by atoms with Gasteiger partial charge in [0, 0.05) is 19.0 Å². The van der Waals surface area contributed by atoms with Crippen LogP contribution in [-0.2, 0) is 4.79 Å². The lowest BCUT2D eigenvalue weighted by Crippen LogP contribution is -2.25. The highest BCUT2D eigenvalue weighted by Gasteiger charge is 2.22. The number of amides is 1. The van der Waals surface area contributed by atoms with Gasteiger partial charge >= 0.3 is 0 Å². The van der Waals surface area contributed by atoms with Crippen molar-refractivity contribution in [2.24, 2.45) is 0 Å². The molecule has 1 fully saturated rings. The van der Waals surface area contributed by atoms with E-state index in [2.05, 4.69) is 10.6 Å². The standard InChI is InChI=1S/C13H18ClN3O/c14-10-3-1-4-11(13(10)15)16-8-2-5-12(18)17-9-6-7-9/h1,3-4,9,16H,2,5-8,15H2,(H,17,18). The highest BCUT2D eigenvalue weighted by Crippen LogP contribution is 2.26. The first-order chi connectivity index (χ1) is 8.66. The fourth-order valence-electron chi connectivity index (χ4n) is 1.69. The minimum absolute atomic E-state index is 0.137. The molecule has 0 spiro atoms. The van der Waals surface area contributed by atoms with E-state index in [9.17, 15) is 4.79 Å². The van der Waals surface area contributed by atoms with E-state index in [1.54, 1.807) is 6.07 Å². The Balaban J connectivity index is 1.68. The van der Waals surface area contributed by atoms with Crippen molar-refractivity contribution in [1.29, 1.82) is 0 Å². The summed E-state index contributed by atoms with van der Waals surface area (Å²) in [4.78, 5) is 11.4. The lowest BCUT2D eigenvalue weighted by atomic mass is 10.2. The maximum atomic E-state index is 11.4. The molecule has 1 amide bonds. The molecule has 1 aromatic carbocycles. The number of carbonyl (C=O) groups excluding carboxylic acids is 1. The zero-order valence-corrected chi connectivity index (χ0v) is 11.0. The van der Waals surface area contributed by atoms with Crippen LogP contribution in [0.25, 0.3) is 0 Å². The van der Waals surface area contributed by atoms with Gasteiger partial charge in [-0.25, -0.2) is 0 Å². The molecular weight excluding hydrogens is 250 g/mol. The number of hydrogen-bond acceptors (Lipinski definition) is 3. The predicted molar refractivity (Wildman–Crippen MR) is 74.8 cm³/mol. The molecule has 1 aliphatic rings. The average molecular weight is 268 g/mol. The first-order valence-corrected chi connectivity index (χ1v) is 6.62. The third-order valence-corrected chi connectivity index (χ3v) is 3.22. The molecule has 0 unspecified atom stereocenters. The van der Waals surface area contributed by atoms with Crippen LogP contribution in [0.5, 0.6) is 0 Å². The maximum absolute atomic E-state index is 11.4. The van der Waals surface area contributed by atoms with Crippen LogP contribution in [0.2, 0.25) is 5.02 Å². The van der Waals surface area contributed by atoms with E-state index in [0.717, 1.165) is 24.9 Å². The van der Waals surface area contributed by atoms with Gasteiger partial charge in [0.2, 0.25) is 5.91 Å². The minimum Gasteiger partial charge on any atom is -0.396 e. The van der Waals surface area contributed by atoms with E-state index in [-0.39, 0.29) is 5.91 Å². The Kier molecular flexibility index (Phi) is 4.31. The number of anilines is 2. The molecule has 0 aromatic heterocycles. The number of para-hydroxylation sites is 1. The molecule has 0 heterocycles. The van der Waals surface area contributed by atoms with Crippen molar-refractivity contribution in [2.75, 3.05) is 17.6 Å². The molecule has 4 nitrogen and oxygen atoms in total. The van der Waals surface area contributed by atoms with Crippen LogP contribution in [0.15, 0.2) is 18.2 Å². The summed E-state index contributed by atoms with van der Waals surface area (Å²) in [6.07, 6.45) is 3.58. The van der Waals surface area contributed by atoms with Crippen molar-refractivity contribution >= 4 is 28.9 Å². The van der Waals surface area contributed by atoms with Crippen LogP contribution >= 0.6 is 11.6 Å². The molecule has 0 aliphatic heterocycles. The largest absolute Gasteiger partial charge is 0.396 e. The Morgan fingerprint density at radius 2 is 2.22 bits per heavy atom. The van der Waals surface area contributed by atoms with Gasteiger partial charge in [-0.1, -0.05) is 17.7 Å². The smallest absolute Gasteiger partial charge is 0.220 e. The van der Waals surface area contributed by atoms with Crippen molar-refractivity contribution in [2.45, 2.75) is 31.7 Å². The summed E-state index contributed by atoms with van der Waals surface area (Å²) in [6, 6.07) is 5.92. The van der Waals surface area contributed by atoms with Gasteiger partial charge in [-0.2, -0.15) is 0 Å². The summed E-state index contributed by atoms with van der Waals surface area (Å²) in [5.41, 5.74) is 7.21. The molecule has 4 N–H and O–H groups in total. The van der Waals surface area contributed by atoms with Crippen LogP contribution in [0.1, 0.15) is 25.7 Å². The van der Waals surface area contributed by atoms with Crippen LogP contribution in [0.4, 0.5) is 11.4 Å². The van der Waals surface area contributed by atoms with Crippen molar-refractivity contribution in [1.82, 2.24) is 5.32 Å². The van der Waals surface area contributed by atoms with E-state index in [1.165, 1.54) is 0 Å². The van der Waals surface area contributed by atoms with E-state index in [4.69, 9.17) is 17.3 Å². The van der Waals surface area contributed by atoms with Gasteiger partial charge < -0.3 is 16.4 Å². The van der Waals surface area contributed by atoms with Crippen molar-refractivity contribution in [3.8, 4) is 0 Å². The normalized spacial score (nSPS) is 14.3. The molecule has 5 heteroatoms. The SMILES string of the molecule is Nc1c(Cl)cccc1NCCCC(=O)NC1CC1. The van der Waals surface area contributed by atoms with Crippen molar-refractivity contribution in [3.63, 3.8) is 0 Å². The number of hydrogen-bond donors (Lipinski definition) is 3. The Bertz CT molecular complexity index is 432. The summed E-state index contributed by atoms with van der Waals surface area (Å²) in [5.74, 6) is 0.137. The Morgan fingerprint density at radius 3 is 2.94 bits per heavy atom. The fourth-order valence-corrected chi connectivity index (χ4v) is 1.87. The lowest BCUT2D eigenvalue weighted by Gasteiger charge is -2.10. The molecule has 1 aliphatic carbocycles. The van der Waals surface area contributed by atoms with Crippen LogP contribution in [0.3, 0.4) is 0 Å².